The van der Waals surface area contributed by atoms with Crippen LogP contribution in [0.4, 0.5) is 0 Å². The van der Waals surface area contributed by atoms with Crippen molar-refractivity contribution in [3.05, 3.63) is 78.5 Å². The maximum absolute atomic E-state index is 11.7. The standard InChI is InChI=1S/C21H18N2O2/c1-3-15-12-19-17(8-9-18(21(22)25)20(19)23-15)14-7-5-6-13(10-14)11-16(24)4-2/h3-10,12,23H,1-2,11H2,(H2,22,25). The highest BCUT2D eigenvalue weighted by molar-refractivity contribution is 6.09. The zero-order valence-electron chi connectivity index (χ0n) is 13.7. The number of aromatic nitrogens is 1. The Morgan fingerprint density at radius 2 is 1.92 bits per heavy atom. The fourth-order valence-electron chi connectivity index (χ4n) is 2.93. The van der Waals surface area contributed by atoms with Crippen molar-refractivity contribution in [3.8, 4) is 11.1 Å². The minimum Gasteiger partial charge on any atom is -0.366 e. The highest BCUT2D eigenvalue weighted by Crippen LogP contribution is 2.32. The molecule has 0 bridgehead atoms. The fraction of sp³-hybridized carbons (Fsp3) is 0.0476. The van der Waals surface area contributed by atoms with Gasteiger partial charge in [0.15, 0.2) is 5.78 Å². The van der Waals surface area contributed by atoms with Crippen LogP contribution >= 0.6 is 0 Å². The lowest BCUT2D eigenvalue weighted by Crippen LogP contribution is -2.11. The third-order valence-corrected chi connectivity index (χ3v) is 4.14. The number of fused-ring (bicyclic) bond motifs is 1. The van der Waals surface area contributed by atoms with Crippen molar-refractivity contribution in [2.45, 2.75) is 6.42 Å². The average molecular weight is 330 g/mol. The molecular weight excluding hydrogens is 312 g/mol. The van der Waals surface area contributed by atoms with E-state index < -0.39 is 5.91 Å². The van der Waals surface area contributed by atoms with Crippen LogP contribution in [0, 0.1) is 0 Å². The Kier molecular flexibility index (Phi) is 4.35. The Morgan fingerprint density at radius 1 is 1.12 bits per heavy atom. The van der Waals surface area contributed by atoms with Gasteiger partial charge < -0.3 is 10.7 Å². The molecule has 3 N–H and O–H groups in total. The van der Waals surface area contributed by atoms with Gasteiger partial charge in [0.2, 0.25) is 0 Å². The monoisotopic (exact) mass is 330 g/mol. The summed E-state index contributed by atoms with van der Waals surface area (Å²) in [4.78, 5) is 26.5. The first-order chi connectivity index (χ1) is 12.0. The number of H-pyrrole nitrogens is 1. The van der Waals surface area contributed by atoms with Gasteiger partial charge >= 0.3 is 0 Å². The molecule has 1 amide bonds. The summed E-state index contributed by atoms with van der Waals surface area (Å²) in [5.41, 5.74) is 10.2. The summed E-state index contributed by atoms with van der Waals surface area (Å²) >= 11 is 0. The number of allylic oxidation sites excluding steroid dienone is 1. The van der Waals surface area contributed by atoms with E-state index in [-0.39, 0.29) is 5.78 Å². The normalized spacial score (nSPS) is 10.6. The van der Waals surface area contributed by atoms with E-state index >= 15 is 0 Å². The summed E-state index contributed by atoms with van der Waals surface area (Å²) in [5, 5.41) is 0.887. The number of hydrogen-bond donors (Lipinski definition) is 2. The molecule has 0 aliphatic carbocycles. The van der Waals surface area contributed by atoms with Gasteiger partial charge in [0.05, 0.1) is 11.1 Å². The highest BCUT2D eigenvalue weighted by Gasteiger charge is 2.14. The number of aromatic amines is 1. The van der Waals surface area contributed by atoms with Gasteiger partial charge in [-0.1, -0.05) is 43.5 Å². The van der Waals surface area contributed by atoms with E-state index in [2.05, 4.69) is 18.1 Å². The quantitative estimate of drug-likeness (QED) is 0.673. The van der Waals surface area contributed by atoms with Crippen molar-refractivity contribution in [3.63, 3.8) is 0 Å². The number of primary amides is 1. The predicted octanol–water partition coefficient (Wildman–Crippen LogP) is 3.87. The molecule has 0 unspecified atom stereocenters. The van der Waals surface area contributed by atoms with Crippen LogP contribution in [0.15, 0.2) is 61.7 Å². The molecule has 0 saturated carbocycles. The first-order valence-electron chi connectivity index (χ1n) is 7.86. The molecule has 0 aliphatic heterocycles. The van der Waals surface area contributed by atoms with Crippen molar-refractivity contribution in [2.24, 2.45) is 5.73 Å². The zero-order chi connectivity index (χ0) is 18.0. The van der Waals surface area contributed by atoms with E-state index in [0.717, 1.165) is 27.8 Å². The van der Waals surface area contributed by atoms with Crippen molar-refractivity contribution in [1.29, 1.82) is 0 Å². The van der Waals surface area contributed by atoms with E-state index in [4.69, 9.17) is 5.73 Å². The zero-order valence-corrected chi connectivity index (χ0v) is 13.7. The molecule has 0 radical (unpaired) electrons. The second kappa shape index (κ2) is 6.61. The molecule has 2 aromatic carbocycles. The lowest BCUT2D eigenvalue weighted by Gasteiger charge is -2.08. The molecule has 124 valence electrons. The van der Waals surface area contributed by atoms with Crippen LogP contribution in [0.25, 0.3) is 28.1 Å². The summed E-state index contributed by atoms with van der Waals surface area (Å²) in [6, 6.07) is 13.3. The Morgan fingerprint density at radius 3 is 2.60 bits per heavy atom. The maximum atomic E-state index is 11.7. The molecule has 3 rings (SSSR count). The van der Waals surface area contributed by atoms with Crippen molar-refractivity contribution in [2.75, 3.05) is 0 Å². The molecule has 0 spiro atoms. The Labute approximate surface area is 145 Å². The summed E-state index contributed by atoms with van der Waals surface area (Å²) in [6.07, 6.45) is 3.33. The van der Waals surface area contributed by atoms with Crippen molar-refractivity contribution >= 4 is 28.7 Å². The SMILES string of the molecule is C=CC(=O)Cc1cccc(-c2ccc(C(N)=O)c3[nH]c(C=C)cc23)c1. The lowest BCUT2D eigenvalue weighted by atomic mass is 9.96. The second-order valence-corrected chi connectivity index (χ2v) is 5.79. The minimum absolute atomic E-state index is 0.0260. The smallest absolute Gasteiger partial charge is 0.250 e. The molecule has 1 aromatic heterocycles. The van der Waals surface area contributed by atoms with Gasteiger partial charge in [0.1, 0.15) is 0 Å². The van der Waals surface area contributed by atoms with E-state index in [1.165, 1.54) is 6.08 Å². The van der Waals surface area contributed by atoms with Gasteiger partial charge in [0.25, 0.3) is 5.91 Å². The summed E-state index contributed by atoms with van der Waals surface area (Å²) in [6.45, 7) is 7.27. The molecule has 1 heterocycles. The molecule has 0 atom stereocenters. The molecule has 0 aliphatic rings. The topological polar surface area (TPSA) is 76.0 Å². The highest BCUT2D eigenvalue weighted by atomic mass is 16.1. The summed E-state index contributed by atoms with van der Waals surface area (Å²) in [7, 11) is 0. The number of carbonyl (C=O) groups excluding carboxylic acids is 2. The van der Waals surface area contributed by atoms with Gasteiger partial charge in [-0.2, -0.15) is 0 Å². The number of rotatable bonds is 6. The van der Waals surface area contributed by atoms with E-state index in [0.29, 0.717) is 17.5 Å². The summed E-state index contributed by atoms with van der Waals surface area (Å²) < 4.78 is 0. The number of ketones is 1. The van der Waals surface area contributed by atoms with Gasteiger partial charge in [-0.05, 0) is 41.0 Å². The predicted molar refractivity (Wildman–Crippen MR) is 101 cm³/mol. The first-order valence-corrected chi connectivity index (χ1v) is 7.86. The number of nitrogens with two attached hydrogens (primary N) is 1. The van der Waals surface area contributed by atoms with Gasteiger partial charge in [-0.3, -0.25) is 9.59 Å². The number of hydrogen-bond acceptors (Lipinski definition) is 2. The Bertz CT molecular complexity index is 1010. The van der Waals surface area contributed by atoms with Crippen LogP contribution in [0.2, 0.25) is 0 Å². The largest absolute Gasteiger partial charge is 0.366 e. The second-order valence-electron chi connectivity index (χ2n) is 5.79. The molecule has 3 aromatic rings. The Hall–Kier alpha value is -3.40. The average Bonchev–Trinajstić information content (AvgIpc) is 3.05. The number of nitrogens with one attached hydrogen (secondary N) is 1. The number of carbonyl (C=O) groups is 2. The molecule has 4 nitrogen and oxygen atoms in total. The first kappa shape index (κ1) is 16.5. The Balaban J connectivity index is 2.17. The maximum Gasteiger partial charge on any atom is 0.250 e. The van der Waals surface area contributed by atoms with Crippen LogP contribution in [-0.2, 0) is 11.2 Å². The van der Waals surface area contributed by atoms with Crippen LogP contribution in [-0.4, -0.2) is 16.7 Å². The van der Waals surface area contributed by atoms with Gasteiger partial charge in [0, 0.05) is 17.5 Å². The van der Waals surface area contributed by atoms with E-state index in [1.54, 1.807) is 12.1 Å². The number of amides is 1. The van der Waals surface area contributed by atoms with E-state index in [9.17, 15) is 9.59 Å². The van der Waals surface area contributed by atoms with Crippen LogP contribution in [0.3, 0.4) is 0 Å². The van der Waals surface area contributed by atoms with Crippen LogP contribution in [0.1, 0.15) is 21.6 Å². The van der Waals surface area contributed by atoms with Gasteiger partial charge in [-0.25, -0.2) is 0 Å². The van der Waals surface area contributed by atoms with E-state index in [1.807, 2.05) is 36.4 Å². The van der Waals surface area contributed by atoms with Crippen LogP contribution in [0.5, 0.6) is 0 Å². The van der Waals surface area contributed by atoms with Gasteiger partial charge in [-0.15, -0.1) is 0 Å². The molecule has 4 heteroatoms. The third kappa shape index (κ3) is 3.15. The molecular formula is C21H18N2O2. The van der Waals surface area contributed by atoms with Crippen molar-refractivity contribution in [1.82, 2.24) is 4.98 Å². The lowest BCUT2D eigenvalue weighted by molar-refractivity contribution is -0.114. The fourth-order valence-corrected chi connectivity index (χ4v) is 2.93. The number of benzene rings is 2. The minimum atomic E-state index is -0.487. The molecule has 25 heavy (non-hydrogen) atoms. The summed E-state index contributed by atoms with van der Waals surface area (Å²) in [5.74, 6) is -0.513. The molecule has 0 saturated heterocycles. The van der Waals surface area contributed by atoms with Crippen LogP contribution < -0.4 is 5.73 Å². The van der Waals surface area contributed by atoms with Crippen molar-refractivity contribution < 1.29 is 9.59 Å². The molecule has 0 fully saturated rings. The third-order valence-electron chi connectivity index (χ3n) is 4.14.